The highest BCUT2D eigenvalue weighted by atomic mass is 19.3. The second kappa shape index (κ2) is 8.98. The van der Waals surface area contributed by atoms with E-state index in [1.807, 2.05) is 0 Å². The van der Waals surface area contributed by atoms with E-state index in [2.05, 4.69) is 0 Å². The van der Waals surface area contributed by atoms with Crippen LogP contribution in [-0.4, -0.2) is 17.7 Å². The quantitative estimate of drug-likeness (QED) is 0.578. The normalized spacial score (nSPS) is 13.0. The van der Waals surface area contributed by atoms with Crippen LogP contribution in [0.2, 0.25) is 0 Å². The SMILES string of the molecule is CCOC(=O)[C@H](C(OCc1ccccc1)=C(F)F)[C@H](O)c1ccco1. The van der Waals surface area contributed by atoms with E-state index in [9.17, 15) is 18.7 Å². The largest absolute Gasteiger partial charge is 0.487 e. The van der Waals surface area contributed by atoms with Crippen LogP contribution in [0.15, 0.2) is 65.0 Å². The number of halogens is 2. The zero-order valence-electron chi connectivity index (χ0n) is 13.5. The van der Waals surface area contributed by atoms with Crippen molar-refractivity contribution in [2.45, 2.75) is 19.6 Å². The number of hydrogen-bond donors (Lipinski definition) is 1. The van der Waals surface area contributed by atoms with Gasteiger partial charge in [-0.2, -0.15) is 8.78 Å². The number of carbonyl (C=O) groups excluding carboxylic acids is 1. The number of furan rings is 1. The Hall–Kier alpha value is -2.67. The molecule has 1 heterocycles. The number of ether oxygens (including phenoxy) is 2. The average Bonchev–Trinajstić information content (AvgIpc) is 3.13. The van der Waals surface area contributed by atoms with Crippen LogP contribution in [0, 0.1) is 5.92 Å². The minimum Gasteiger partial charge on any atom is -0.487 e. The van der Waals surface area contributed by atoms with E-state index in [0.717, 1.165) is 0 Å². The second-order valence-electron chi connectivity index (χ2n) is 5.09. The van der Waals surface area contributed by atoms with E-state index in [0.29, 0.717) is 5.56 Å². The maximum Gasteiger partial charge on any atom is 0.320 e. The molecule has 0 saturated carbocycles. The predicted molar refractivity (Wildman–Crippen MR) is 84.3 cm³/mol. The van der Waals surface area contributed by atoms with Gasteiger partial charge in [-0.15, -0.1) is 0 Å². The lowest BCUT2D eigenvalue weighted by atomic mass is 9.98. The first-order valence-electron chi connectivity index (χ1n) is 7.64. The van der Waals surface area contributed by atoms with Gasteiger partial charge in [0.05, 0.1) is 12.9 Å². The van der Waals surface area contributed by atoms with Gasteiger partial charge < -0.3 is 19.0 Å². The molecule has 2 rings (SSSR count). The molecule has 0 aliphatic carbocycles. The summed E-state index contributed by atoms with van der Waals surface area (Å²) in [6, 6.07) is 11.5. The molecule has 25 heavy (non-hydrogen) atoms. The molecule has 0 unspecified atom stereocenters. The molecule has 0 radical (unpaired) electrons. The summed E-state index contributed by atoms with van der Waals surface area (Å²) in [5, 5.41) is 10.3. The van der Waals surface area contributed by atoms with Gasteiger partial charge in [0.2, 0.25) is 0 Å². The standard InChI is InChI=1S/C18H18F2O5/c1-2-23-18(22)14(15(21)13-9-6-10-24-13)16(17(19)20)25-11-12-7-4-3-5-8-12/h3-10,14-15,21H,2,11H2,1H3/t14-,15+/m0/s1. The smallest absolute Gasteiger partial charge is 0.320 e. The summed E-state index contributed by atoms with van der Waals surface area (Å²) in [4.78, 5) is 12.2. The Bertz CT molecular complexity index is 694. The molecule has 5 nitrogen and oxygen atoms in total. The Labute approximate surface area is 143 Å². The molecule has 134 valence electrons. The first kappa shape index (κ1) is 18.7. The van der Waals surface area contributed by atoms with Crippen molar-refractivity contribution >= 4 is 5.97 Å². The van der Waals surface area contributed by atoms with Gasteiger partial charge in [0.1, 0.15) is 18.5 Å². The number of aliphatic hydroxyl groups is 1. The van der Waals surface area contributed by atoms with E-state index in [1.54, 1.807) is 30.3 Å². The van der Waals surface area contributed by atoms with Crippen LogP contribution in [0.3, 0.4) is 0 Å². The molecular formula is C18H18F2O5. The highest BCUT2D eigenvalue weighted by Gasteiger charge is 2.38. The van der Waals surface area contributed by atoms with Crippen molar-refractivity contribution in [2.75, 3.05) is 6.61 Å². The summed E-state index contributed by atoms with van der Waals surface area (Å²) in [7, 11) is 0. The zero-order valence-corrected chi connectivity index (χ0v) is 13.5. The fourth-order valence-corrected chi connectivity index (χ4v) is 2.23. The van der Waals surface area contributed by atoms with E-state index >= 15 is 0 Å². The minimum absolute atomic E-state index is 0.0277. The zero-order chi connectivity index (χ0) is 18.2. The van der Waals surface area contributed by atoms with Crippen molar-refractivity contribution < 1.29 is 32.6 Å². The Balaban J connectivity index is 2.27. The van der Waals surface area contributed by atoms with Crippen LogP contribution in [0.5, 0.6) is 0 Å². The van der Waals surface area contributed by atoms with Gasteiger partial charge >= 0.3 is 12.0 Å². The number of rotatable bonds is 8. The lowest BCUT2D eigenvalue weighted by molar-refractivity contribution is -0.153. The summed E-state index contributed by atoms with van der Waals surface area (Å²) in [5.74, 6) is -3.74. The van der Waals surface area contributed by atoms with Crippen LogP contribution >= 0.6 is 0 Å². The molecule has 0 spiro atoms. The van der Waals surface area contributed by atoms with Crippen molar-refractivity contribution in [2.24, 2.45) is 5.92 Å². The van der Waals surface area contributed by atoms with Gasteiger partial charge in [-0.1, -0.05) is 30.3 Å². The van der Waals surface area contributed by atoms with Gasteiger partial charge in [0, 0.05) is 0 Å². The van der Waals surface area contributed by atoms with Gasteiger partial charge in [0.25, 0.3) is 0 Å². The maximum atomic E-state index is 13.5. The first-order valence-corrected chi connectivity index (χ1v) is 7.64. The van der Waals surface area contributed by atoms with Gasteiger partial charge in [0.15, 0.2) is 11.7 Å². The Morgan fingerprint density at radius 2 is 1.88 bits per heavy atom. The summed E-state index contributed by atoms with van der Waals surface area (Å²) in [5.41, 5.74) is 0.636. The van der Waals surface area contributed by atoms with E-state index in [-0.39, 0.29) is 19.0 Å². The lowest BCUT2D eigenvalue weighted by Crippen LogP contribution is -2.28. The van der Waals surface area contributed by atoms with E-state index < -0.39 is 29.8 Å². The van der Waals surface area contributed by atoms with Crippen molar-refractivity contribution in [3.8, 4) is 0 Å². The fourth-order valence-electron chi connectivity index (χ4n) is 2.23. The third-order valence-corrected chi connectivity index (χ3v) is 3.40. The average molecular weight is 352 g/mol. The second-order valence-corrected chi connectivity index (χ2v) is 5.09. The van der Waals surface area contributed by atoms with Crippen molar-refractivity contribution in [1.29, 1.82) is 0 Å². The first-order chi connectivity index (χ1) is 12.0. The van der Waals surface area contributed by atoms with E-state index in [4.69, 9.17) is 13.9 Å². The summed E-state index contributed by atoms with van der Waals surface area (Å²) in [6.45, 7) is 1.32. The molecule has 1 aromatic carbocycles. The third kappa shape index (κ3) is 4.90. The molecular weight excluding hydrogens is 334 g/mol. The minimum atomic E-state index is -2.21. The molecule has 0 saturated heterocycles. The molecule has 2 atom stereocenters. The predicted octanol–water partition coefficient (Wildman–Crippen LogP) is 3.82. The highest BCUT2D eigenvalue weighted by molar-refractivity contribution is 5.76. The van der Waals surface area contributed by atoms with Crippen molar-refractivity contribution in [3.63, 3.8) is 0 Å². The molecule has 2 aromatic rings. The van der Waals surface area contributed by atoms with E-state index in [1.165, 1.54) is 25.3 Å². The van der Waals surface area contributed by atoms with Gasteiger partial charge in [-0.3, -0.25) is 4.79 Å². The Morgan fingerprint density at radius 3 is 2.44 bits per heavy atom. The summed E-state index contributed by atoms with van der Waals surface area (Å²) in [6.07, 6.45) is -2.61. The monoisotopic (exact) mass is 352 g/mol. The van der Waals surface area contributed by atoms with Crippen molar-refractivity contribution in [3.05, 3.63) is 71.9 Å². The number of benzene rings is 1. The Morgan fingerprint density at radius 1 is 1.16 bits per heavy atom. The number of carbonyl (C=O) groups is 1. The highest BCUT2D eigenvalue weighted by Crippen LogP contribution is 2.33. The van der Waals surface area contributed by atoms with Gasteiger partial charge in [-0.05, 0) is 24.6 Å². The molecule has 7 heteroatoms. The maximum absolute atomic E-state index is 13.5. The molecule has 0 bridgehead atoms. The van der Waals surface area contributed by atoms with Crippen LogP contribution in [0.25, 0.3) is 0 Å². The molecule has 1 N–H and O–H groups in total. The van der Waals surface area contributed by atoms with Crippen LogP contribution in [0.1, 0.15) is 24.4 Å². The number of hydrogen-bond acceptors (Lipinski definition) is 5. The molecule has 1 aromatic heterocycles. The molecule has 0 fully saturated rings. The van der Waals surface area contributed by atoms with Crippen molar-refractivity contribution in [1.82, 2.24) is 0 Å². The van der Waals surface area contributed by atoms with Crippen LogP contribution in [0.4, 0.5) is 8.78 Å². The number of esters is 1. The van der Waals surface area contributed by atoms with Gasteiger partial charge in [-0.25, -0.2) is 0 Å². The molecule has 0 aliphatic heterocycles. The topological polar surface area (TPSA) is 68.9 Å². The third-order valence-electron chi connectivity index (χ3n) is 3.40. The number of aliphatic hydroxyl groups excluding tert-OH is 1. The molecule has 0 aliphatic rings. The Kier molecular flexibility index (Phi) is 6.71. The van der Waals surface area contributed by atoms with Crippen LogP contribution in [-0.2, 0) is 20.9 Å². The van der Waals surface area contributed by atoms with Crippen LogP contribution < -0.4 is 0 Å². The lowest BCUT2D eigenvalue weighted by Gasteiger charge is -2.22. The molecule has 0 amide bonds. The fraction of sp³-hybridized carbons (Fsp3) is 0.278. The summed E-state index contributed by atoms with van der Waals surface area (Å²) < 4.78 is 41.9. The summed E-state index contributed by atoms with van der Waals surface area (Å²) >= 11 is 0.